The van der Waals surface area contributed by atoms with Crippen LogP contribution in [0.25, 0.3) is 11.0 Å². The highest BCUT2D eigenvalue weighted by molar-refractivity contribution is 7.12. The summed E-state index contributed by atoms with van der Waals surface area (Å²) in [5, 5.41) is 4.86. The molecule has 3 rings (SSSR count). The number of para-hydroxylation sites is 2. The van der Waals surface area contributed by atoms with Crippen LogP contribution in [0, 0.1) is 12.3 Å². The Morgan fingerprint density at radius 2 is 2.23 bits per heavy atom. The largest absolute Gasteiger partial charge is 0.342 e. The maximum atomic E-state index is 12.2. The standard InChI is InChI=1S/C17H15N3OS/c1-3-10-20-14-8-5-4-7-13(14)19-16(20)12(2)18-17(21)15-9-6-11-22-15/h1,4-9,11-12H,10H2,2H3,(H,18,21). The molecule has 0 aliphatic carbocycles. The number of nitrogens with one attached hydrogen (secondary N) is 1. The van der Waals surface area contributed by atoms with Crippen LogP contribution in [0.2, 0.25) is 0 Å². The molecule has 0 radical (unpaired) electrons. The average Bonchev–Trinajstić information content (AvgIpc) is 3.16. The summed E-state index contributed by atoms with van der Waals surface area (Å²) in [6.07, 6.45) is 5.47. The van der Waals surface area contributed by atoms with Crippen LogP contribution in [0.1, 0.15) is 28.5 Å². The number of thiophene rings is 1. The van der Waals surface area contributed by atoms with Crippen LogP contribution < -0.4 is 5.32 Å². The summed E-state index contributed by atoms with van der Waals surface area (Å²) in [6, 6.07) is 11.3. The lowest BCUT2D eigenvalue weighted by molar-refractivity contribution is 0.0942. The minimum atomic E-state index is -0.227. The molecular formula is C17H15N3OS. The Morgan fingerprint density at radius 1 is 1.41 bits per heavy atom. The SMILES string of the molecule is C#CCn1c(C(C)NC(=O)c2cccs2)nc2ccccc21. The van der Waals surface area contributed by atoms with Gasteiger partial charge in [0.15, 0.2) is 0 Å². The van der Waals surface area contributed by atoms with Gasteiger partial charge in [0.2, 0.25) is 0 Å². The summed E-state index contributed by atoms with van der Waals surface area (Å²) in [7, 11) is 0. The van der Waals surface area contributed by atoms with E-state index in [0.717, 1.165) is 16.9 Å². The number of benzene rings is 1. The number of fused-ring (bicyclic) bond motifs is 1. The highest BCUT2D eigenvalue weighted by atomic mass is 32.1. The van der Waals surface area contributed by atoms with Crippen molar-refractivity contribution in [3.63, 3.8) is 0 Å². The number of hydrogen-bond donors (Lipinski definition) is 1. The number of carbonyl (C=O) groups excluding carboxylic acids is 1. The summed E-state index contributed by atoms with van der Waals surface area (Å²) < 4.78 is 1.97. The fourth-order valence-corrected chi connectivity index (χ4v) is 3.05. The van der Waals surface area contributed by atoms with Gasteiger partial charge < -0.3 is 9.88 Å². The van der Waals surface area contributed by atoms with E-state index in [0.29, 0.717) is 11.4 Å². The second-order valence-corrected chi connectivity index (χ2v) is 5.87. The molecule has 4 nitrogen and oxygen atoms in total. The van der Waals surface area contributed by atoms with Gasteiger partial charge in [0.25, 0.3) is 5.91 Å². The lowest BCUT2D eigenvalue weighted by Gasteiger charge is -2.14. The van der Waals surface area contributed by atoms with E-state index in [1.54, 1.807) is 6.07 Å². The second kappa shape index (κ2) is 6.04. The van der Waals surface area contributed by atoms with E-state index < -0.39 is 0 Å². The molecule has 0 aliphatic heterocycles. The maximum Gasteiger partial charge on any atom is 0.261 e. The fraction of sp³-hybridized carbons (Fsp3) is 0.176. The molecule has 0 fully saturated rings. The van der Waals surface area contributed by atoms with Crippen LogP contribution in [0.15, 0.2) is 41.8 Å². The third kappa shape index (κ3) is 2.61. The highest BCUT2D eigenvalue weighted by Crippen LogP contribution is 2.21. The number of amides is 1. The Bertz CT molecular complexity index is 843. The van der Waals surface area contributed by atoms with Gasteiger partial charge in [-0.15, -0.1) is 17.8 Å². The third-order valence-corrected chi connectivity index (χ3v) is 4.28. The molecule has 0 aliphatic rings. The van der Waals surface area contributed by atoms with Gasteiger partial charge in [0.1, 0.15) is 5.82 Å². The minimum Gasteiger partial charge on any atom is -0.342 e. The smallest absolute Gasteiger partial charge is 0.261 e. The number of aromatic nitrogens is 2. The summed E-state index contributed by atoms with van der Waals surface area (Å²) >= 11 is 1.42. The molecule has 3 aromatic rings. The number of rotatable bonds is 4. The second-order valence-electron chi connectivity index (χ2n) is 4.92. The van der Waals surface area contributed by atoms with Gasteiger partial charge in [-0.3, -0.25) is 4.79 Å². The van der Waals surface area contributed by atoms with Crippen LogP contribution in [0.5, 0.6) is 0 Å². The number of imidazole rings is 1. The first-order chi connectivity index (χ1) is 10.7. The molecule has 110 valence electrons. The van der Waals surface area contributed by atoms with E-state index in [1.807, 2.05) is 47.2 Å². The van der Waals surface area contributed by atoms with E-state index in [9.17, 15) is 4.79 Å². The minimum absolute atomic E-state index is 0.0955. The molecular weight excluding hydrogens is 294 g/mol. The van der Waals surface area contributed by atoms with Crippen LogP contribution in [0.3, 0.4) is 0 Å². The number of nitrogens with zero attached hydrogens (tertiary/aromatic N) is 2. The normalized spacial score (nSPS) is 12.0. The highest BCUT2D eigenvalue weighted by Gasteiger charge is 2.18. The van der Waals surface area contributed by atoms with Crippen molar-refractivity contribution in [2.24, 2.45) is 0 Å². The first-order valence-electron chi connectivity index (χ1n) is 6.93. The van der Waals surface area contributed by atoms with Crippen molar-refractivity contribution in [1.29, 1.82) is 0 Å². The monoisotopic (exact) mass is 309 g/mol. The van der Waals surface area contributed by atoms with E-state index in [4.69, 9.17) is 6.42 Å². The predicted molar refractivity (Wildman–Crippen MR) is 88.8 cm³/mol. The average molecular weight is 309 g/mol. The topological polar surface area (TPSA) is 46.9 Å². The van der Waals surface area contributed by atoms with Crippen molar-refractivity contribution >= 4 is 28.3 Å². The first-order valence-corrected chi connectivity index (χ1v) is 7.81. The Labute approximate surface area is 132 Å². The Balaban J connectivity index is 1.93. The van der Waals surface area contributed by atoms with Crippen molar-refractivity contribution in [2.75, 3.05) is 0 Å². The third-order valence-electron chi connectivity index (χ3n) is 3.41. The fourth-order valence-electron chi connectivity index (χ4n) is 2.42. The molecule has 1 N–H and O–H groups in total. The molecule has 2 aromatic heterocycles. The molecule has 22 heavy (non-hydrogen) atoms. The van der Waals surface area contributed by atoms with E-state index in [1.165, 1.54) is 11.3 Å². The number of hydrogen-bond acceptors (Lipinski definition) is 3. The molecule has 0 bridgehead atoms. The van der Waals surface area contributed by atoms with Gasteiger partial charge in [-0.05, 0) is 30.5 Å². The quantitative estimate of drug-likeness (QED) is 0.752. The summed E-state index contributed by atoms with van der Waals surface area (Å²) in [5.41, 5.74) is 1.86. The number of terminal acetylenes is 1. The lowest BCUT2D eigenvalue weighted by Crippen LogP contribution is -2.28. The molecule has 1 unspecified atom stereocenters. The molecule has 5 heteroatoms. The van der Waals surface area contributed by atoms with Crippen molar-refractivity contribution in [3.05, 3.63) is 52.5 Å². The summed E-state index contributed by atoms with van der Waals surface area (Å²) in [5.74, 6) is 3.32. The number of carbonyl (C=O) groups is 1. The Morgan fingerprint density at radius 3 is 2.95 bits per heavy atom. The van der Waals surface area contributed by atoms with Crippen LogP contribution >= 0.6 is 11.3 Å². The summed E-state index contributed by atoms with van der Waals surface area (Å²) in [4.78, 5) is 17.5. The Hall–Kier alpha value is -2.58. The first kappa shape index (κ1) is 14.4. The van der Waals surface area contributed by atoms with Crippen molar-refractivity contribution < 1.29 is 4.79 Å². The van der Waals surface area contributed by atoms with Gasteiger partial charge >= 0.3 is 0 Å². The Kier molecular flexibility index (Phi) is 3.94. The predicted octanol–water partition coefficient (Wildman–Crippen LogP) is 3.22. The van der Waals surface area contributed by atoms with Gasteiger partial charge in [0.05, 0.1) is 28.5 Å². The molecule has 1 aromatic carbocycles. The summed E-state index contributed by atoms with van der Waals surface area (Å²) in [6.45, 7) is 2.34. The molecule has 1 atom stereocenters. The molecule has 2 heterocycles. The van der Waals surface area contributed by atoms with Crippen molar-refractivity contribution in [1.82, 2.24) is 14.9 Å². The van der Waals surface area contributed by atoms with Gasteiger partial charge in [0, 0.05) is 0 Å². The lowest BCUT2D eigenvalue weighted by atomic mass is 10.3. The molecule has 1 amide bonds. The zero-order chi connectivity index (χ0) is 15.5. The zero-order valence-electron chi connectivity index (χ0n) is 12.1. The van der Waals surface area contributed by atoms with Crippen LogP contribution in [-0.4, -0.2) is 15.5 Å². The van der Waals surface area contributed by atoms with Crippen molar-refractivity contribution in [2.45, 2.75) is 19.5 Å². The van der Waals surface area contributed by atoms with E-state index in [-0.39, 0.29) is 11.9 Å². The zero-order valence-corrected chi connectivity index (χ0v) is 12.9. The molecule has 0 spiro atoms. The van der Waals surface area contributed by atoms with Gasteiger partial charge in [-0.25, -0.2) is 4.98 Å². The van der Waals surface area contributed by atoms with Crippen molar-refractivity contribution in [3.8, 4) is 12.3 Å². The molecule has 0 saturated heterocycles. The van der Waals surface area contributed by atoms with E-state index in [2.05, 4.69) is 16.2 Å². The van der Waals surface area contributed by atoms with Gasteiger partial charge in [-0.1, -0.05) is 24.1 Å². The van der Waals surface area contributed by atoms with E-state index >= 15 is 0 Å². The molecule has 0 saturated carbocycles. The van der Waals surface area contributed by atoms with Crippen LogP contribution in [0.4, 0.5) is 0 Å². The van der Waals surface area contributed by atoms with Crippen LogP contribution in [-0.2, 0) is 6.54 Å². The maximum absolute atomic E-state index is 12.2. The van der Waals surface area contributed by atoms with Gasteiger partial charge in [-0.2, -0.15) is 0 Å².